The molecule has 2 rings (SSSR count). The Bertz CT molecular complexity index is 805. The lowest BCUT2D eigenvalue weighted by atomic mass is 10.2. The largest absolute Gasteiger partial charge is 0.497 e. The van der Waals surface area contributed by atoms with Gasteiger partial charge in [-0.15, -0.1) is 0 Å². The highest BCUT2D eigenvalue weighted by atomic mass is 79.9. The minimum absolute atomic E-state index is 0.0652. The third-order valence-corrected chi connectivity index (χ3v) is 3.87. The maximum atomic E-state index is 12.0. The average Bonchev–Trinajstić information content (AvgIpc) is 2.67. The molecule has 0 atom stereocenters. The fraction of sp³-hybridized carbons (Fsp3) is 0.211. The Kier molecular flexibility index (Phi) is 7.81. The van der Waals surface area contributed by atoms with Gasteiger partial charge in [-0.1, -0.05) is 15.9 Å². The normalized spacial score (nSPS) is 10.9. The lowest BCUT2D eigenvalue weighted by Gasteiger charge is -2.07. The Morgan fingerprint density at radius 2 is 1.63 bits per heavy atom. The van der Waals surface area contributed by atoms with E-state index in [1.54, 1.807) is 50.4 Å². The molecule has 0 saturated heterocycles. The van der Waals surface area contributed by atoms with Gasteiger partial charge in [-0.05, 0) is 55.5 Å². The summed E-state index contributed by atoms with van der Waals surface area (Å²) in [6.07, 6.45) is 0.0652. The zero-order chi connectivity index (χ0) is 19.6. The third-order valence-electron chi connectivity index (χ3n) is 3.35. The zero-order valence-electron chi connectivity index (χ0n) is 15.0. The molecule has 7 nitrogen and oxygen atoms in total. The van der Waals surface area contributed by atoms with Gasteiger partial charge in [-0.3, -0.25) is 9.59 Å². The van der Waals surface area contributed by atoms with Crippen molar-refractivity contribution in [3.63, 3.8) is 0 Å². The van der Waals surface area contributed by atoms with Crippen LogP contribution in [0.3, 0.4) is 0 Å². The molecular formula is C19H20BrN3O4. The topological polar surface area (TPSA) is 89.0 Å². The van der Waals surface area contributed by atoms with Crippen molar-refractivity contribution >= 4 is 39.1 Å². The van der Waals surface area contributed by atoms with Gasteiger partial charge in [0.15, 0.2) is 6.61 Å². The molecule has 27 heavy (non-hydrogen) atoms. The SMILES string of the molecule is COc1ccc(OCC(=O)N/N=C(/C)CC(=O)Nc2ccc(Br)cc2)cc1. The monoisotopic (exact) mass is 433 g/mol. The summed E-state index contributed by atoms with van der Waals surface area (Å²) >= 11 is 3.33. The second-order valence-corrected chi connectivity index (χ2v) is 6.49. The Morgan fingerprint density at radius 3 is 2.26 bits per heavy atom. The van der Waals surface area contributed by atoms with Gasteiger partial charge in [0.1, 0.15) is 11.5 Å². The maximum absolute atomic E-state index is 12.0. The molecule has 0 unspecified atom stereocenters. The van der Waals surface area contributed by atoms with Crippen molar-refractivity contribution in [2.45, 2.75) is 13.3 Å². The van der Waals surface area contributed by atoms with Gasteiger partial charge in [-0.25, -0.2) is 5.43 Å². The number of benzene rings is 2. The van der Waals surface area contributed by atoms with E-state index in [2.05, 4.69) is 31.8 Å². The van der Waals surface area contributed by atoms with Crippen molar-refractivity contribution in [2.75, 3.05) is 19.0 Å². The molecule has 2 aromatic carbocycles. The smallest absolute Gasteiger partial charge is 0.277 e. The van der Waals surface area contributed by atoms with Crippen molar-refractivity contribution in [1.82, 2.24) is 5.43 Å². The lowest BCUT2D eigenvalue weighted by molar-refractivity contribution is -0.123. The first-order valence-electron chi connectivity index (χ1n) is 8.10. The maximum Gasteiger partial charge on any atom is 0.277 e. The standard InChI is InChI=1S/C19H20BrN3O4/c1-13(11-18(24)21-15-5-3-14(20)4-6-15)22-23-19(25)12-27-17-9-7-16(26-2)8-10-17/h3-10H,11-12H2,1-2H3,(H,21,24)(H,23,25)/b22-13-. The van der Waals surface area contributed by atoms with Crippen LogP contribution in [-0.4, -0.2) is 31.2 Å². The number of nitrogens with zero attached hydrogens (tertiary/aromatic N) is 1. The van der Waals surface area contributed by atoms with Crippen LogP contribution >= 0.6 is 15.9 Å². The molecule has 2 amide bonds. The highest BCUT2D eigenvalue weighted by molar-refractivity contribution is 9.10. The first-order chi connectivity index (χ1) is 13.0. The van der Waals surface area contributed by atoms with Crippen LogP contribution in [0.1, 0.15) is 13.3 Å². The number of ether oxygens (including phenoxy) is 2. The Balaban J connectivity index is 1.73. The molecule has 2 aromatic rings. The molecule has 0 bridgehead atoms. The van der Waals surface area contributed by atoms with E-state index in [1.807, 2.05) is 12.1 Å². The molecule has 0 heterocycles. The van der Waals surface area contributed by atoms with Gasteiger partial charge >= 0.3 is 0 Å². The number of amides is 2. The van der Waals surface area contributed by atoms with Gasteiger partial charge in [0.25, 0.3) is 5.91 Å². The molecule has 0 saturated carbocycles. The van der Waals surface area contributed by atoms with E-state index in [0.29, 0.717) is 22.9 Å². The summed E-state index contributed by atoms with van der Waals surface area (Å²) in [5.41, 5.74) is 3.53. The number of hydrogen-bond donors (Lipinski definition) is 2. The number of hydrazone groups is 1. The van der Waals surface area contributed by atoms with E-state index in [1.165, 1.54) is 0 Å². The van der Waals surface area contributed by atoms with Crippen LogP contribution < -0.4 is 20.2 Å². The molecule has 0 spiro atoms. The summed E-state index contributed by atoms with van der Waals surface area (Å²) < 4.78 is 11.3. The van der Waals surface area contributed by atoms with Crippen molar-refractivity contribution in [1.29, 1.82) is 0 Å². The van der Waals surface area contributed by atoms with Crippen molar-refractivity contribution in [3.05, 3.63) is 53.0 Å². The third kappa shape index (κ3) is 7.49. The van der Waals surface area contributed by atoms with Gasteiger partial charge in [0.05, 0.1) is 13.5 Å². The van der Waals surface area contributed by atoms with E-state index in [4.69, 9.17) is 9.47 Å². The molecule has 0 aliphatic rings. The molecule has 142 valence electrons. The minimum Gasteiger partial charge on any atom is -0.497 e. The summed E-state index contributed by atoms with van der Waals surface area (Å²) in [6.45, 7) is 1.47. The van der Waals surface area contributed by atoms with E-state index < -0.39 is 5.91 Å². The highest BCUT2D eigenvalue weighted by Gasteiger charge is 2.06. The molecular weight excluding hydrogens is 414 g/mol. The number of anilines is 1. The van der Waals surface area contributed by atoms with E-state index in [-0.39, 0.29) is 18.9 Å². The number of nitrogens with one attached hydrogen (secondary N) is 2. The number of hydrogen-bond acceptors (Lipinski definition) is 5. The Morgan fingerprint density at radius 1 is 1.00 bits per heavy atom. The second-order valence-electron chi connectivity index (χ2n) is 5.58. The van der Waals surface area contributed by atoms with Crippen LogP contribution in [0.25, 0.3) is 0 Å². The molecule has 0 fully saturated rings. The van der Waals surface area contributed by atoms with Gasteiger partial charge < -0.3 is 14.8 Å². The predicted octanol–water partition coefficient (Wildman–Crippen LogP) is 3.36. The molecule has 2 N–H and O–H groups in total. The molecule has 0 radical (unpaired) electrons. The Labute approximate surface area is 165 Å². The van der Waals surface area contributed by atoms with E-state index >= 15 is 0 Å². The van der Waals surface area contributed by atoms with E-state index in [0.717, 1.165) is 4.47 Å². The van der Waals surface area contributed by atoms with Crippen LogP contribution in [0.5, 0.6) is 11.5 Å². The fourth-order valence-corrected chi connectivity index (χ4v) is 2.29. The molecule has 8 heteroatoms. The predicted molar refractivity (Wildman–Crippen MR) is 107 cm³/mol. The number of rotatable bonds is 8. The van der Waals surface area contributed by atoms with Crippen molar-refractivity contribution in [2.24, 2.45) is 5.10 Å². The lowest BCUT2D eigenvalue weighted by Crippen LogP contribution is -2.26. The number of carbonyl (C=O) groups is 2. The summed E-state index contributed by atoms with van der Waals surface area (Å²) in [6, 6.07) is 14.1. The number of methoxy groups -OCH3 is 1. The van der Waals surface area contributed by atoms with Crippen LogP contribution in [-0.2, 0) is 9.59 Å². The minimum atomic E-state index is -0.418. The van der Waals surface area contributed by atoms with Crippen molar-refractivity contribution < 1.29 is 19.1 Å². The average molecular weight is 434 g/mol. The van der Waals surface area contributed by atoms with Crippen LogP contribution in [0.4, 0.5) is 5.69 Å². The quantitative estimate of drug-likeness (QED) is 0.493. The molecule has 0 aliphatic heterocycles. The van der Waals surface area contributed by atoms with Crippen LogP contribution in [0.2, 0.25) is 0 Å². The zero-order valence-corrected chi connectivity index (χ0v) is 16.6. The highest BCUT2D eigenvalue weighted by Crippen LogP contribution is 2.17. The van der Waals surface area contributed by atoms with E-state index in [9.17, 15) is 9.59 Å². The molecule has 0 aliphatic carbocycles. The second kappa shape index (κ2) is 10.3. The first kappa shape index (κ1) is 20.4. The van der Waals surface area contributed by atoms with Crippen LogP contribution in [0.15, 0.2) is 58.1 Å². The molecule has 0 aromatic heterocycles. The first-order valence-corrected chi connectivity index (χ1v) is 8.90. The number of carbonyl (C=O) groups excluding carboxylic acids is 2. The fourth-order valence-electron chi connectivity index (χ4n) is 2.02. The van der Waals surface area contributed by atoms with Crippen molar-refractivity contribution in [3.8, 4) is 11.5 Å². The summed E-state index contributed by atoms with van der Waals surface area (Å²) in [5.74, 6) is 0.606. The summed E-state index contributed by atoms with van der Waals surface area (Å²) in [5, 5.41) is 6.66. The summed E-state index contributed by atoms with van der Waals surface area (Å²) in [4.78, 5) is 23.7. The van der Waals surface area contributed by atoms with Gasteiger partial charge in [-0.2, -0.15) is 5.10 Å². The van der Waals surface area contributed by atoms with Gasteiger partial charge in [0, 0.05) is 15.9 Å². The number of halogens is 1. The summed E-state index contributed by atoms with van der Waals surface area (Å²) in [7, 11) is 1.57. The van der Waals surface area contributed by atoms with Crippen LogP contribution in [0, 0.1) is 0 Å². The Hall–Kier alpha value is -2.87. The van der Waals surface area contributed by atoms with Gasteiger partial charge in [0.2, 0.25) is 5.91 Å².